The van der Waals surface area contributed by atoms with Crippen LogP contribution in [0.1, 0.15) is 24.8 Å². The van der Waals surface area contributed by atoms with E-state index in [1.807, 2.05) is 11.0 Å². The second-order valence-corrected chi connectivity index (χ2v) is 6.60. The molecule has 0 aliphatic carbocycles. The van der Waals surface area contributed by atoms with E-state index in [2.05, 4.69) is 4.90 Å². The molecule has 2 heterocycles. The Morgan fingerprint density at radius 1 is 1.35 bits per heavy atom. The van der Waals surface area contributed by atoms with Gasteiger partial charge in [-0.25, -0.2) is 4.39 Å². The lowest BCUT2D eigenvalue weighted by atomic mass is 9.83. The minimum Gasteiger partial charge on any atom is -0.383 e. The second-order valence-electron chi connectivity index (χ2n) is 6.60. The van der Waals surface area contributed by atoms with Gasteiger partial charge in [-0.3, -0.25) is 9.69 Å². The van der Waals surface area contributed by atoms with E-state index >= 15 is 0 Å². The summed E-state index contributed by atoms with van der Waals surface area (Å²) in [6, 6.07) is 7.18. The van der Waals surface area contributed by atoms with Gasteiger partial charge in [0.15, 0.2) is 0 Å². The minimum absolute atomic E-state index is 0.175. The Kier molecular flexibility index (Phi) is 5.28. The average Bonchev–Trinajstić information content (AvgIpc) is 2.54. The van der Waals surface area contributed by atoms with Gasteiger partial charge >= 0.3 is 0 Å². The Morgan fingerprint density at radius 2 is 2.22 bits per heavy atom. The molecule has 2 atom stereocenters. The fourth-order valence-electron chi connectivity index (χ4n) is 3.94. The highest BCUT2D eigenvalue weighted by atomic mass is 19.1. The van der Waals surface area contributed by atoms with Crippen LogP contribution in [0.2, 0.25) is 0 Å². The van der Waals surface area contributed by atoms with Crippen LogP contribution in [-0.2, 0) is 16.1 Å². The molecule has 1 aromatic rings. The maximum atomic E-state index is 13.3. The summed E-state index contributed by atoms with van der Waals surface area (Å²) in [4.78, 5) is 16.6. The van der Waals surface area contributed by atoms with Crippen molar-refractivity contribution in [1.82, 2.24) is 9.80 Å². The van der Waals surface area contributed by atoms with Crippen molar-refractivity contribution in [2.24, 2.45) is 5.92 Å². The number of carbonyl (C=O) groups excluding carboxylic acids is 1. The van der Waals surface area contributed by atoms with E-state index in [0.29, 0.717) is 31.5 Å². The summed E-state index contributed by atoms with van der Waals surface area (Å²) in [6.07, 6.45) is 2.60. The van der Waals surface area contributed by atoms with Crippen LogP contribution in [0.5, 0.6) is 0 Å². The number of methoxy groups -OCH3 is 1. The molecule has 1 aromatic carbocycles. The maximum absolute atomic E-state index is 13.3. The lowest BCUT2D eigenvalue weighted by molar-refractivity contribution is -0.142. The van der Waals surface area contributed by atoms with E-state index in [0.717, 1.165) is 38.0 Å². The number of likely N-dealkylation sites (tertiary alicyclic amines) is 2. The van der Waals surface area contributed by atoms with Crippen molar-refractivity contribution >= 4 is 5.91 Å². The van der Waals surface area contributed by atoms with Gasteiger partial charge < -0.3 is 9.64 Å². The lowest BCUT2D eigenvalue weighted by Crippen LogP contribution is -2.56. The number of hydrogen-bond acceptors (Lipinski definition) is 3. The molecule has 126 valence electrons. The van der Waals surface area contributed by atoms with Gasteiger partial charge in [-0.2, -0.15) is 0 Å². The van der Waals surface area contributed by atoms with Gasteiger partial charge in [0, 0.05) is 45.8 Å². The van der Waals surface area contributed by atoms with Gasteiger partial charge in [0.2, 0.25) is 5.91 Å². The first-order chi connectivity index (χ1) is 11.2. The molecule has 23 heavy (non-hydrogen) atoms. The zero-order valence-electron chi connectivity index (χ0n) is 13.7. The molecular weight excluding hydrogens is 295 g/mol. The molecule has 1 amide bonds. The molecule has 5 heteroatoms. The normalized spacial score (nSPS) is 25.5. The molecule has 3 rings (SSSR count). The molecule has 0 saturated carbocycles. The predicted octanol–water partition coefficient (Wildman–Crippen LogP) is 2.28. The second kappa shape index (κ2) is 7.41. The van der Waals surface area contributed by atoms with Gasteiger partial charge in [0.25, 0.3) is 0 Å². The fourth-order valence-corrected chi connectivity index (χ4v) is 3.94. The number of piperidine rings is 2. The number of nitrogens with zero attached hydrogens (tertiary/aromatic N) is 2. The number of hydrogen-bond donors (Lipinski definition) is 0. The third-order valence-corrected chi connectivity index (χ3v) is 5.06. The Hall–Kier alpha value is -1.46. The van der Waals surface area contributed by atoms with Crippen molar-refractivity contribution < 1.29 is 13.9 Å². The van der Waals surface area contributed by atoms with Crippen LogP contribution in [0.25, 0.3) is 0 Å². The molecule has 0 spiro atoms. The van der Waals surface area contributed by atoms with E-state index in [9.17, 15) is 9.18 Å². The SMILES string of the molecule is COCCN1C(=O)CC[C@@H]2CN(Cc3cccc(F)c3)CC[C@@H]21. The number of fused-ring (bicyclic) bond motifs is 1. The zero-order chi connectivity index (χ0) is 16.2. The highest BCUT2D eigenvalue weighted by Crippen LogP contribution is 2.31. The third-order valence-electron chi connectivity index (χ3n) is 5.06. The monoisotopic (exact) mass is 320 g/mol. The number of benzene rings is 1. The molecule has 0 radical (unpaired) electrons. The van der Waals surface area contributed by atoms with Crippen molar-refractivity contribution in [1.29, 1.82) is 0 Å². The van der Waals surface area contributed by atoms with Crippen LogP contribution >= 0.6 is 0 Å². The topological polar surface area (TPSA) is 32.8 Å². The molecule has 0 aromatic heterocycles. The zero-order valence-corrected chi connectivity index (χ0v) is 13.7. The Bertz CT molecular complexity index is 552. The summed E-state index contributed by atoms with van der Waals surface area (Å²) in [7, 11) is 1.67. The molecule has 0 bridgehead atoms. The summed E-state index contributed by atoms with van der Waals surface area (Å²) in [5.74, 6) is 0.611. The van der Waals surface area contributed by atoms with Crippen LogP contribution in [0.4, 0.5) is 4.39 Å². The number of carbonyl (C=O) groups is 1. The van der Waals surface area contributed by atoms with Crippen LogP contribution in [0, 0.1) is 11.7 Å². The maximum Gasteiger partial charge on any atom is 0.222 e. The summed E-state index contributed by atoms with van der Waals surface area (Å²) in [5, 5.41) is 0. The van der Waals surface area contributed by atoms with E-state index in [1.165, 1.54) is 6.07 Å². The first kappa shape index (κ1) is 16.4. The van der Waals surface area contributed by atoms with Crippen molar-refractivity contribution in [2.45, 2.75) is 31.8 Å². The van der Waals surface area contributed by atoms with Crippen LogP contribution in [0.15, 0.2) is 24.3 Å². The van der Waals surface area contributed by atoms with Crippen molar-refractivity contribution in [3.8, 4) is 0 Å². The summed E-state index contributed by atoms with van der Waals surface area (Å²) in [6.45, 7) is 4.02. The summed E-state index contributed by atoms with van der Waals surface area (Å²) >= 11 is 0. The van der Waals surface area contributed by atoms with Gasteiger partial charge in [0.1, 0.15) is 5.82 Å². The van der Waals surface area contributed by atoms with Gasteiger partial charge in [0.05, 0.1) is 6.61 Å². The molecule has 2 aliphatic heterocycles. The van der Waals surface area contributed by atoms with Crippen LogP contribution in [-0.4, -0.2) is 55.1 Å². The molecule has 2 saturated heterocycles. The Balaban J connectivity index is 1.61. The molecular formula is C18H25FN2O2. The number of ether oxygens (including phenoxy) is 1. The molecule has 2 fully saturated rings. The standard InChI is InChI=1S/C18H25FN2O2/c1-23-10-9-21-17-7-8-20(13-15(17)5-6-18(21)22)12-14-3-2-4-16(19)11-14/h2-4,11,15,17H,5-10,12-13H2,1H3/t15-,17+/m1/s1. The quantitative estimate of drug-likeness (QED) is 0.834. The van der Waals surface area contributed by atoms with Gasteiger partial charge in [-0.15, -0.1) is 0 Å². The number of halogens is 1. The Morgan fingerprint density at radius 3 is 3.00 bits per heavy atom. The highest BCUT2D eigenvalue weighted by Gasteiger charge is 2.38. The lowest BCUT2D eigenvalue weighted by Gasteiger charge is -2.47. The van der Waals surface area contributed by atoms with Gasteiger partial charge in [-0.1, -0.05) is 12.1 Å². The van der Waals surface area contributed by atoms with Crippen LogP contribution in [0.3, 0.4) is 0 Å². The minimum atomic E-state index is -0.175. The third kappa shape index (κ3) is 3.90. The highest BCUT2D eigenvalue weighted by molar-refractivity contribution is 5.77. The van der Waals surface area contributed by atoms with Crippen molar-refractivity contribution in [2.75, 3.05) is 33.4 Å². The van der Waals surface area contributed by atoms with E-state index in [-0.39, 0.29) is 11.7 Å². The summed E-state index contributed by atoms with van der Waals surface area (Å²) in [5.41, 5.74) is 1.02. The first-order valence-corrected chi connectivity index (χ1v) is 8.42. The predicted molar refractivity (Wildman–Crippen MR) is 86.4 cm³/mol. The average molecular weight is 320 g/mol. The first-order valence-electron chi connectivity index (χ1n) is 8.42. The molecule has 0 unspecified atom stereocenters. The largest absolute Gasteiger partial charge is 0.383 e. The molecule has 0 N–H and O–H groups in total. The van der Waals surface area contributed by atoms with E-state index in [1.54, 1.807) is 19.2 Å². The van der Waals surface area contributed by atoms with Crippen molar-refractivity contribution in [3.63, 3.8) is 0 Å². The van der Waals surface area contributed by atoms with E-state index < -0.39 is 0 Å². The number of amides is 1. The smallest absolute Gasteiger partial charge is 0.222 e. The number of rotatable bonds is 5. The van der Waals surface area contributed by atoms with E-state index in [4.69, 9.17) is 4.74 Å². The molecule has 4 nitrogen and oxygen atoms in total. The summed E-state index contributed by atoms with van der Waals surface area (Å²) < 4.78 is 18.5. The molecule has 2 aliphatic rings. The van der Waals surface area contributed by atoms with Gasteiger partial charge in [-0.05, 0) is 36.5 Å². The van der Waals surface area contributed by atoms with Crippen LogP contribution < -0.4 is 0 Å². The van der Waals surface area contributed by atoms with Crippen molar-refractivity contribution in [3.05, 3.63) is 35.6 Å². The Labute approximate surface area is 137 Å². The fraction of sp³-hybridized carbons (Fsp3) is 0.611.